The summed E-state index contributed by atoms with van der Waals surface area (Å²) in [5.41, 5.74) is 1.57. The lowest BCUT2D eigenvalue weighted by atomic mass is 10.1. The second kappa shape index (κ2) is 6.59. The van der Waals surface area contributed by atoms with E-state index in [1.54, 1.807) is 54.6 Å². The van der Waals surface area contributed by atoms with Crippen molar-refractivity contribution in [3.8, 4) is 0 Å². The molecule has 0 fully saturated rings. The maximum Gasteiger partial charge on any atom is 0.256 e. The third kappa shape index (κ3) is 2.89. The number of hydrogen-bond donors (Lipinski definition) is 1. The number of carbonyl (C=O) groups is 1. The summed E-state index contributed by atoms with van der Waals surface area (Å²) in [5, 5.41) is 4.03. The smallest absolute Gasteiger partial charge is 0.256 e. The van der Waals surface area contributed by atoms with E-state index < -0.39 is 0 Å². The summed E-state index contributed by atoms with van der Waals surface area (Å²) < 4.78 is 6.51. The summed E-state index contributed by atoms with van der Waals surface area (Å²) in [4.78, 5) is 25.1. The Balaban J connectivity index is 1.79. The van der Waals surface area contributed by atoms with E-state index in [1.165, 1.54) is 0 Å². The lowest BCUT2D eigenvalue weighted by Crippen LogP contribution is -2.12. The molecule has 0 bridgehead atoms. The molecule has 0 spiro atoms. The van der Waals surface area contributed by atoms with Crippen LogP contribution < -0.4 is 10.7 Å². The monoisotopic (exact) mass is 427 g/mol. The van der Waals surface area contributed by atoms with Crippen molar-refractivity contribution in [3.63, 3.8) is 0 Å². The SMILES string of the molecule is O=C(Nc1ccc2c(=O)c3cccc(Cl)c3oc2c1)c1ccccc1Br. The van der Waals surface area contributed by atoms with Crippen LogP contribution in [0.15, 0.2) is 74.3 Å². The molecule has 0 radical (unpaired) electrons. The number of carbonyl (C=O) groups excluding carboxylic acids is 1. The van der Waals surface area contributed by atoms with Crippen LogP contribution in [-0.4, -0.2) is 5.91 Å². The highest BCUT2D eigenvalue weighted by Gasteiger charge is 2.13. The second-order valence-electron chi connectivity index (χ2n) is 5.69. The number of benzene rings is 3. The van der Waals surface area contributed by atoms with Crippen molar-refractivity contribution >= 4 is 61.1 Å². The third-order valence-electron chi connectivity index (χ3n) is 4.03. The number of halogens is 2. The number of rotatable bonds is 2. The van der Waals surface area contributed by atoms with E-state index in [1.807, 2.05) is 6.07 Å². The van der Waals surface area contributed by atoms with E-state index in [2.05, 4.69) is 21.2 Å². The largest absolute Gasteiger partial charge is 0.454 e. The first-order valence-corrected chi connectivity index (χ1v) is 8.92. The molecule has 1 heterocycles. The highest BCUT2D eigenvalue weighted by Crippen LogP contribution is 2.27. The Morgan fingerprint density at radius 2 is 1.81 bits per heavy atom. The molecule has 4 nitrogen and oxygen atoms in total. The van der Waals surface area contributed by atoms with Gasteiger partial charge in [-0.1, -0.05) is 29.8 Å². The van der Waals surface area contributed by atoms with Crippen molar-refractivity contribution in [3.05, 3.63) is 85.9 Å². The van der Waals surface area contributed by atoms with Gasteiger partial charge in [0, 0.05) is 16.2 Å². The molecule has 0 aliphatic heterocycles. The Bertz CT molecular complexity index is 1230. The van der Waals surface area contributed by atoms with E-state index in [0.29, 0.717) is 42.7 Å². The van der Waals surface area contributed by atoms with Crippen LogP contribution in [0.4, 0.5) is 5.69 Å². The van der Waals surface area contributed by atoms with Gasteiger partial charge >= 0.3 is 0 Å². The van der Waals surface area contributed by atoms with Gasteiger partial charge in [-0.2, -0.15) is 0 Å². The van der Waals surface area contributed by atoms with Gasteiger partial charge in [0.15, 0.2) is 5.58 Å². The molecule has 1 amide bonds. The quantitative estimate of drug-likeness (QED) is 0.422. The number of amides is 1. The van der Waals surface area contributed by atoms with Crippen LogP contribution in [-0.2, 0) is 0 Å². The predicted octanol–water partition coefficient (Wildman–Crippen LogP) is 5.61. The molecule has 128 valence electrons. The average molecular weight is 429 g/mol. The van der Waals surface area contributed by atoms with Gasteiger partial charge in [0.25, 0.3) is 5.91 Å². The van der Waals surface area contributed by atoms with Crippen molar-refractivity contribution < 1.29 is 9.21 Å². The van der Waals surface area contributed by atoms with Gasteiger partial charge in [0.2, 0.25) is 5.43 Å². The number of fused-ring (bicyclic) bond motifs is 2. The molecule has 4 aromatic rings. The van der Waals surface area contributed by atoms with E-state index in [0.717, 1.165) is 0 Å². The molecule has 3 aromatic carbocycles. The zero-order valence-corrected chi connectivity index (χ0v) is 15.6. The minimum absolute atomic E-state index is 0.160. The molecule has 26 heavy (non-hydrogen) atoms. The van der Waals surface area contributed by atoms with Gasteiger partial charge in [-0.3, -0.25) is 9.59 Å². The lowest BCUT2D eigenvalue weighted by Gasteiger charge is -2.08. The molecule has 0 aliphatic carbocycles. The maximum atomic E-state index is 12.6. The molecule has 0 unspecified atom stereocenters. The minimum Gasteiger partial charge on any atom is -0.454 e. The molecular weight excluding hydrogens is 418 g/mol. The van der Waals surface area contributed by atoms with Crippen LogP contribution in [0, 0.1) is 0 Å². The Morgan fingerprint density at radius 3 is 2.62 bits per heavy atom. The van der Waals surface area contributed by atoms with E-state index in [9.17, 15) is 9.59 Å². The molecular formula is C20H11BrClNO3. The predicted molar refractivity (Wildman–Crippen MR) is 107 cm³/mol. The summed E-state index contributed by atoms with van der Waals surface area (Å²) in [6.45, 7) is 0. The summed E-state index contributed by atoms with van der Waals surface area (Å²) in [6.07, 6.45) is 0. The van der Waals surface area contributed by atoms with Crippen LogP contribution in [0.2, 0.25) is 5.02 Å². The van der Waals surface area contributed by atoms with Crippen molar-refractivity contribution in [1.29, 1.82) is 0 Å². The van der Waals surface area contributed by atoms with Gasteiger partial charge in [-0.15, -0.1) is 0 Å². The van der Waals surface area contributed by atoms with Crippen LogP contribution in [0.25, 0.3) is 21.9 Å². The summed E-state index contributed by atoms with van der Waals surface area (Å²) in [6, 6.07) is 17.1. The Kier molecular flexibility index (Phi) is 4.26. The van der Waals surface area contributed by atoms with Crippen LogP contribution >= 0.6 is 27.5 Å². The first kappa shape index (κ1) is 16.8. The Morgan fingerprint density at radius 1 is 1.00 bits per heavy atom. The van der Waals surface area contributed by atoms with E-state index in [-0.39, 0.29) is 11.3 Å². The molecule has 0 atom stereocenters. The standard InChI is InChI=1S/C20H11BrClNO3/c21-15-6-2-1-4-12(15)20(25)23-11-8-9-13-17(10-11)26-19-14(18(13)24)5-3-7-16(19)22/h1-10H,(H,23,25). The molecule has 1 N–H and O–H groups in total. The minimum atomic E-state index is -0.266. The molecule has 0 aliphatic rings. The molecule has 6 heteroatoms. The molecule has 1 aromatic heterocycles. The number of para-hydroxylation sites is 1. The fourth-order valence-electron chi connectivity index (χ4n) is 2.76. The molecule has 0 saturated carbocycles. The van der Waals surface area contributed by atoms with Gasteiger partial charge in [0.05, 0.1) is 21.4 Å². The lowest BCUT2D eigenvalue weighted by molar-refractivity contribution is 0.102. The maximum absolute atomic E-state index is 12.6. The van der Waals surface area contributed by atoms with Gasteiger partial charge in [0.1, 0.15) is 5.58 Å². The van der Waals surface area contributed by atoms with E-state index >= 15 is 0 Å². The van der Waals surface area contributed by atoms with Crippen molar-refractivity contribution in [1.82, 2.24) is 0 Å². The van der Waals surface area contributed by atoms with Gasteiger partial charge in [-0.05, 0) is 52.3 Å². The van der Waals surface area contributed by atoms with Gasteiger partial charge < -0.3 is 9.73 Å². The van der Waals surface area contributed by atoms with Crippen LogP contribution in [0.3, 0.4) is 0 Å². The number of nitrogens with one attached hydrogen (secondary N) is 1. The second-order valence-corrected chi connectivity index (χ2v) is 6.95. The molecule has 4 rings (SSSR count). The summed E-state index contributed by atoms with van der Waals surface area (Å²) in [5.74, 6) is -0.266. The fraction of sp³-hybridized carbons (Fsp3) is 0. The first-order valence-electron chi connectivity index (χ1n) is 7.75. The topological polar surface area (TPSA) is 59.3 Å². The van der Waals surface area contributed by atoms with Crippen molar-refractivity contribution in [2.75, 3.05) is 5.32 Å². The van der Waals surface area contributed by atoms with Gasteiger partial charge in [-0.25, -0.2) is 0 Å². The fourth-order valence-corrected chi connectivity index (χ4v) is 3.44. The first-order chi connectivity index (χ1) is 12.5. The number of hydrogen-bond acceptors (Lipinski definition) is 3. The van der Waals surface area contributed by atoms with E-state index in [4.69, 9.17) is 16.0 Å². The van der Waals surface area contributed by atoms with Crippen LogP contribution in [0.5, 0.6) is 0 Å². The summed E-state index contributed by atoms with van der Waals surface area (Å²) in [7, 11) is 0. The molecule has 0 saturated heterocycles. The zero-order valence-electron chi connectivity index (χ0n) is 13.3. The Labute approximate surface area is 161 Å². The zero-order chi connectivity index (χ0) is 18.3. The van der Waals surface area contributed by atoms with Crippen LogP contribution in [0.1, 0.15) is 10.4 Å². The summed E-state index contributed by atoms with van der Waals surface area (Å²) >= 11 is 9.50. The number of anilines is 1. The normalized spacial score (nSPS) is 11.0. The highest BCUT2D eigenvalue weighted by atomic mass is 79.9. The van der Waals surface area contributed by atoms with Crippen molar-refractivity contribution in [2.45, 2.75) is 0 Å². The van der Waals surface area contributed by atoms with Crippen molar-refractivity contribution in [2.24, 2.45) is 0 Å². The average Bonchev–Trinajstić information content (AvgIpc) is 2.63. The third-order valence-corrected chi connectivity index (χ3v) is 5.02. The highest BCUT2D eigenvalue weighted by molar-refractivity contribution is 9.10. The Hall–Kier alpha value is -2.63.